The number of carbonyl (C=O) groups excluding carboxylic acids is 1. The van der Waals surface area contributed by atoms with Gasteiger partial charge in [-0.15, -0.1) is 0 Å². The molecule has 0 bridgehead atoms. The summed E-state index contributed by atoms with van der Waals surface area (Å²) in [4.78, 5) is 11.4. The van der Waals surface area contributed by atoms with E-state index in [-0.39, 0.29) is 18.8 Å². The summed E-state index contributed by atoms with van der Waals surface area (Å²) in [5.74, 6) is -0.567. The van der Waals surface area contributed by atoms with E-state index < -0.39 is 12.6 Å². The van der Waals surface area contributed by atoms with Crippen LogP contribution in [0.15, 0.2) is 21.1 Å². The van der Waals surface area contributed by atoms with Gasteiger partial charge in [0.2, 0.25) is 0 Å². The molecule has 0 aromatic heterocycles. The van der Waals surface area contributed by atoms with Crippen molar-refractivity contribution in [2.45, 2.75) is 20.0 Å². The van der Waals surface area contributed by atoms with Crippen LogP contribution < -0.4 is 4.74 Å². The Morgan fingerprint density at radius 2 is 1.94 bits per heavy atom. The zero-order valence-corrected chi connectivity index (χ0v) is 12.6. The van der Waals surface area contributed by atoms with Crippen molar-refractivity contribution < 1.29 is 23.0 Å². The molecule has 0 unspecified atom stereocenters. The summed E-state index contributed by atoms with van der Waals surface area (Å²) in [6.45, 7) is -1.06. The second-order valence-electron chi connectivity index (χ2n) is 3.20. The Morgan fingerprint density at radius 3 is 2.50 bits per heavy atom. The zero-order valence-electron chi connectivity index (χ0n) is 9.38. The van der Waals surface area contributed by atoms with E-state index in [1.54, 1.807) is 19.1 Å². The number of benzene rings is 1. The SMILES string of the molecule is CCOC(=O)Cc1c(Br)ccc(Br)c1OC(F)F. The molecule has 0 N–H and O–H groups in total. The van der Waals surface area contributed by atoms with Crippen molar-refractivity contribution in [1.82, 2.24) is 0 Å². The van der Waals surface area contributed by atoms with E-state index in [1.807, 2.05) is 0 Å². The van der Waals surface area contributed by atoms with Gasteiger partial charge in [-0.2, -0.15) is 8.78 Å². The van der Waals surface area contributed by atoms with Gasteiger partial charge in [0.05, 0.1) is 17.5 Å². The van der Waals surface area contributed by atoms with Crippen LogP contribution in [0.1, 0.15) is 12.5 Å². The molecule has 0 radical (unpaired) electrons. The van der Waals surface area contributed by atoms with Gasteiger partial charge in [0, 0.05) is 10.0 Å². The Bertz CT molecular complexity index is 439. The summed E-state index contributed by atoms with van der Waals surface area (Å²) in [6, 6.07) is 3.19. The number of halogens is 4. The van der Waals surface area contributed by atoms with E-state index in [0.717, 1.165) is 0 Å². The molecule has 18 heavy (non-hydrogen) atoms. The van der Waals surface area contributed by atoms with Gasteiger partial charge in [-0.1, -0.05) is 15.9 Å². The molecule has 0 aliphatic rings. The minimum absolute atomic E-state index is 0.0626. The summed E-state index contributed by atoms with van der Waals surface area (Å²) in [5, 5.41) is 0. The number of carbonyl (C=O) groups is 1. The molecule has 0 saturated carbocycles. The zero-order chi connectivity index (χ0) is 13.7. The summed E-state index contributed by atoms with van der Waals surface area (Å²) in [7, 11) is 0. The van der Waals surface area contributed by atoms with Crippen molar-refractivity contribution in [3.8, 4) is 5.75 Å². The molecule has 0 spiro atoms. The van der Waals surface area contributed by atoms with Crippen molar-refractivity contribution in [2.24, 2.45) is 0 Å². The highest BCUT2D eigenvalue weighted by molar-refractivity contribution is 9.11. The molecule has 7 heteroatoms. The van der Waals surface area contributed by atoms with Crippen LogP contribution in [0, 0.1) is 0 Å². The highest BCUT2D eigenvalue weighted by atomic mass is 79.9. The molecule has 3 nitrogen and oxygen atoms in total. The standard InChI is InChI=1S/C11H10Br2F2O3/c1-2-17-9(16)5-6-7(12)3-4-8(13)10(6)18-11(14)15/h3-4,11H,2,5H2,1H3. The monoisotopic (exact) mass is 386 g/mol. The summed E-state index contributed by atoms with van der Waals surface area (Å²) < 4.78 is 34.7. The molecular formula is C11H10Br2F2O3. The van der Waals surface area contributed by atoms with Gasteiger partial charge < -0.3 is 9.47 Å². The van der Waals surface area contributed by atoms with E-state index in [1.165, 1.54) is 0 Å². The smallest absolute Gasteiger partial charge is 0.387 e. The molecular weight excluding hydrogens is 378 g/mol. The number of ether oxygens (including phenoxy) is 2. The van der Waals surface area contributed by atoms with Crippen molar-refractivity contribution in [3.05, 3.63) is 26.6 Å². The van der Waals surface area contributed by atoms with Crippen LogP contribution in [0.5, 0.6) is 5.75 Å². The molecule has 100 valence electrons. The van der Waals surface area contributed by atoms with E-state index in [4.69, 9.17) is 4.74 Å². The van der Waals surface area contributed by atoms with Crippen molar-refractivity contribution in [1.29, 1.82) is 0 Å². The Morgan fingerprint density at radius 1 is 1.33 bits per heavy atom. The second-order valence-corrected chi connectivity index (χ2v) is 4.91. The highest BCUT2D eigenvalue weighted by Gasteiger charge is 2.19. The number of hydrogen-bond donors (Lipinski definition) is 0. The number of hydrogen-bond acceptors (Lipinski definition) is 3. The maximum absolute atomic E-state index is 12.3. The maximum atomic E-state index is 12.3. The average Bonchev–Trinajstić information content (AvgIpc) is 2.28. The molecule has 1 rings (SSSR count). The van der Waals surface area contributed by atoms with Crippen LogP contribution in [-0.2, 0) is 16.0 Å². The lowest BCUT2D eigenvalue weighted by atomic mass is 10.1. The normalized spacial score (nSPS) is 10.6. The van der Waals surface area contributed by atoms with E-state index in [0.29, 0.717) is 14.5 Å². The first-order chi connectivity index (χ1) is 8.45. The van der Waals surface area contributed by atoms with Crippen LogP contribution in [-0.4, -0.2) is 19.2 Å². The van der Waals surface area contributed by atoms with E-state index >= 15 is 0 Å². The molecule has 0 aliphatic carbocycles. The van der Waals surface area contributed by atoms with Gasteiger partial charge in [-0.25, -0.2) is 0 Å². The lowest BCUT2D eigenvalue weighted by Gasteiger charge is -2.13. The fourth-order valence-corrected chi connectivity index (χ4v) is 2.23. The minimum atomic E-state index is -2.96. The van der Waals surface area contributed by atoms with Gasteiger partial charge in [0.25, 0.3) is 0 Å². The lowest BCUT2D eigenvalue weighted by Crippen LogP contribution is -2.11. The molecule has 0 fully saturated rings. The first-order valence-corrected chi connectivity index (χ1v) is 6.61. The van der Waals surface area contributed by atoms with E-state index in [2.05, 4.69) is 36.6 Å². The molecule has 0 saturated heterocycles. The van der Waals surface area contributed by atoms with Crippen molar-refractivity contribution in [3.63, 3.8) is 0 Å². The molecule has 0 atom stereocenters. The summed E-state index contributed by atoms with van der Waals surface area (Å²) in [5.41, 5.74) is 0.322. The average molecular weight is 388 g/mol. The van der Waals surface area contributed by atoms with Gasteiger partial charge in [-0.05, 0) is 35.0 Å². The quantitative estimate of drug-likeness (QED) is 0.718. The molecule has 0 aliphatic heterocycles. The lowest BCUT2D eigenvalue weighted by molar-refractivity contribution is -0.142. The Hall–Kier alpha value is -0.690. The molecule has 1 aromatic carbocycles. The summed E-state index contributed by atoms with van der Waals surface area (Å²) >= 11 is 6.30. The van der Waals surface area contributed by atoms with Crippen LogP contribution in [0.2, 0.25) is 0 Å². The van der Waals surface area contributed by atoms with Gasteiger partial charge in [-0.3, -0.25) is 4.79 Å². The van der Waals surface area contributed by atoms with E-state index in [9.17, 15) is 13.6 Å². The molecule has 0 heterocycles. The number of alkyl halides is 2. The fourth-order valence-electron chi connectivity index (χ4n) is 1.31. The number of esters is 1. The highest BCUT2D eigenvalue weighted by Crippen LogP contribution is 2.36. The van der Waals surface area contributed by atoms with Crippen LogP contribution >= 0.6 is 31.9 Å². The summed E-state index contributed by atoms with van der Waals surface area (Å²) in [6.07, 6.45) is -0.143. The van der Waals surface area contributed by atoms with Gasteiger partial charge in [0.1, 0.15) is 5.75 Å². The fraction of sp³-hybridized carbons (Fsp3) is 0.364. The third-order valence-electron chi connectivity index (χ3n) is 1.99. The molecule has 1 aromatic rings. The van der Waals surface area contributed by atoms with Crippen LogP contribution in [0.4, 0.5) is 8.78 Å². The third kappa shape index (κ3) is 4.20. The Kier molecular flexibility index (Phi) is 6.01. The Balaban J connectivity index is 3.06. The number of rotatable bonds is 5. The second kappa shape index (κ2) is 7.04. The van der Waals surface area contributed by atoms with Gasteiger partial charge in [0.15, 0.2) is 0 Å². The first-order valence-electron chi connectivity index (χ1n) is 5.03. The van der Waals surface area contributed by atoms with Gasteiger partial charge >= 0.3 is 12.6 Å². The third-order valence-corrected chi connectivity index (χ3v) is 3.36. The van der Waals surface area contributed by atoms with Crippen molar-refractivity contribution in [2.75, 3.05) is 6.61 Å². The molecule has 0 amide bonds. The maximum Gasteiger partial charge on any atom is 0.387 e. The largest absolute Gasteiger partial charge is 0.466 e. The minimum Gasteiger partial charge on any atom is -0.466 e. The predicted molar refractivity (Wildman–Crippen MR) is 68.8 cm³/mol. The Labute approximate surface area is 120 Å². The van der Waals surface area contributed by atoms with Crippen LogP contribution in [0.3, 0.4) is 0 Å². The topological polar surface area (TPSA) is 35.5 Å². The first kappa shape index (κ1) is 15.4. The van der Waals surface area contributed by atoms with Crippen LogP contribution in [0.25, 0.3) is 0 Å². The van der Waals surface area contributed by atoms with Crippen molar-refractivity contribution >= 4 is 37.8 Å². The predicted octanol–water partition coefficient (Wildman–Crippen LogP) is 3.92.